The fraction of sp³-hybridized carbons (Fsp3) is 0.423. The smallest absolute Gasteiger partial charge is 0.310 e. The number of piperidine rings is 1. The molecule has 2 aromatic carbocycles. The molecule has 0 aliphatic carbocycles. The summed E-state index contributed by atoms with van der Waals surface area (Å²) in [4.78, 5) is 27.5. The zero-order valence-corrected chi connectivity index (χ0v) is 19.2. The monoisotopic (exact) mass is 451 g/mol. The molecule has 1 saturated heterocycles. The van der Waals surface area contributed by atoms with Crippen LogP contribution in [0.25, 0.3) is 0 Å². The first-order valence-electron chi connectivity index (χ1n) is 11.6. The largest absolute Gasteiger partial charge is 0.466 e. The maximum absolute atomic E-state index is 14.7. The zero-order chi connectivity index (χ0) is 23.4. The number of nitrogens with zero attached hydrogens (tertiary/aromatic N) is 3. The van der Waals surface area contributed by atoms with E-state index in [9.17, 15) is 14.0 Å². The summed E-state index contributed by atoms with van der Waals surface area (Å²) >= 11 is 0. The van der Waals surface area contributed by atoms with Crippen LogP contribution in [0, 0.1) is 18.7 Å². The highest BCUT2D eigenvalue weighted by Crippen LogP contribution is 2.34. The number of hydrogen-bond acceptors (Lipinski definition) is 5. The Bertz CT molecular complexity index is 1040. The van der Waals surface area contributed by atoms with Crippen LogP contribution in [0.1, 0.15) is 48.9 Å². The molecule has 0 spiro atoms. The van der Waals surface area contributed by atoms with Crippen molar-refractivity contribution in [3.8, 4) is 0 Å². The van der Waals surface area contributed by atoms with E-state index in [2.05, 4.69) is 5.10 Å². The molecule has 0 bridgehead atoms. The van der Waals surface area contributed by atoms with Crippen LogP contribution in [-0.2, 0) is 14.3 Å². The van der Waals surface area contributed by atoms with Crippen molar-refractivity contribution in [3.05, 3.63) is 71.0 Å². The minimum Gasteiger partial charge on any atom is -0.466 e. The number of amides is 1. The molecule has 0 saturated carbocycles. The first kappa shape index (κ1) is 23.1. The molecule has 1 fully saturated rings. The Balaban J connectivity index is 1.55. The van der Waals surface area contributed by atoms with E-state index in [1.807, 2.05) is 36.1 Å². The summed E-state index contributed by atoms with van der Waals surface area (Å²) in [6, 6.07) is 14.0. The van der Waals surface area contributed by atoms with Crippen molar-refractivity contribution in [2.75, 3.05) is 26.2 Å². The predicted molar refractivity (Wildman–Crippen MR) is 124 cm³/mol. The normalized spacial score (nSPS) is 21.1. The number of aryl methyl sites for hydroxylation is 1. The van der Waals surface area contributed by atoms with Crippen molar-refractivity contribution < 1.29 is 18.7 Å². The van der Waals surface area contributed by atoms with Gasteiger partial charge >= 0.3 is 5.97 Å². The lowest BCUT2D eigenvalue weighted by atomic mass is 9.97. The number of ether oxygens (including phenoxy) is 1. The van der Waals surface area contributed by atoms with Crippen molar-refractivity contribution in [2.24, 2.45) is 11.0 Å². The molecule has 2 aromatic rings. The van der Waals surface area contributed by atoms with E-state index >= 15 is 0 Å². The van der Waals surface area contributed by atoms with Crippen molar-refractivity contribution in [3.63, 3.8) is 0 Å². The summed E-state index contributed by atoms with van der Waals surface area (Å²) in [5.41, 5.74) is 3.29. The lowest BCUT2D eigenvalue weighted by molar-refractivity contribution is -0.150. The molecule has 174 valence electrons. The molecule has 6 nitrogen and oxygen atoms in total. The van der Waals surface area contributed by atoms with Gasteiger partial charge < -0.3 is 4.74 Å². The molecule has 0 aromatic heterocycles. The van der Waals surface area contributed by atoms with Crippen LogP contribution < -0.4 is 0 Å². The van der Waals surface area contributed by atoms with Gasteiger partial charge in [-0.25, -0.2) is 9.40 Å². The number of rotatable bonds is 6. The second-order valence-electron chi connectivity index (χ2n) is 8.72. The fourth-order valence-corrected chi connectivity index (χ4v) is 4.56. The third-order valence-electron chi connectivity index (χ3n) is 6.30. The second-order valence-corrected chi connectivity index (χ2v) is 8.72. The van der Waals surface area contributed by atoms with Gasteiger partial charge in [-0.05, 0) is 44.9 Å². The SMILES string of the molecule is CCOC(=O)[C@@H]1CCCN(CC(=O)N2N=C(c3ccc(C)cc3)C[C@@H]2c2ccccc2F)C1. The van der Waals surface area contributed by atoms with Gasteiger partial charge in [-0.1, -0.05) is 48.0 Å². The first-order chi connectivity index (χ1) is 16.0. The molecule has 1 amide bonds. The summed E-state index contributed by atoms with van der Waals surface area (Å²) in [6.07, 6.45) is 2.04. The molecular weight excluding hydrogens is 421 g/mol. The number of likely N-dealkylation sites (tertiary alicyclic amines) is 1. The molecule has 4 rings (SSSR count). The Labute approximate surface area is 194 Å². The molecule has 0 N–H and O–H groups in total. The lowest BCUT2D eigenvalue weighted by Gasteiger charge is -2.32. The van der Waals surface area contributed by atoms with Gasteiger partial charge in [-0.3, -0.25) is 14.5 Å². The lowest BCUT2D eigenvalue weighted by Crippen LogP contribution is -2.45. The Morgan fingerprint density at radius 3 is 2.64 bits per heavy atom. The van der Waals surface area contributed by atoms with Crippen LogP contribution in [0.5, 0.6) is 0 Å². The Morgan fingerprint density at radius 1 is 1.15 bits per heavy atom. The predicted octanol–water partition coefficient (Wildman–Crippen LogP) is 4.09. The summed E-state index contributed by atoms with van der Waals surface area (Å²) in [5.74, 6) is -0.977. The molecule has 2 heterocycles. The van der Waals surface area contributed by atoms with Crippen LogP contribution >= 0.6 is 0 Å². The standard InChI is InChI=1S/C26H30FN3O3/c1-3-33-26(32)20-7-6-14-29(16-20)17-25(31)30-24(21-8-4-5-9-22(21)27)15-23(28-30)19-12-10-18(2)11-13-19/h4-5,8-13,20,24H,3,6-7,14-17H2,1-2H3/t20-,24-/m1/s1. The van der Waals surface area contributed by atoms with Crippen LogP contribution in [-0.4, -0.2) is 53.7 Å². The van der Waals surface area contributed by atoms with Gasteiger partial charge in [-0.2, -0.15) is 5.10 Å². The number of halogens is 1. The van der Waals surface area contributed by atoms with Crippen molar-refractivity contribution >= 4 is 17.6 Å². The van der Waals surface area contributed by atoms with Gasteiger partial charge in [0.25, 0.3) is 5.91 Å². The van der Waals surface area contributed by atoms with E-state index in [0.29, 0.717) is 25.1 Å². The van der Waals surface area contributed by atoms with E-state index in [1.54, 1.807) is 25.1 Å². The van der Waals surface area contributed by atoms with E-state index in [4.69, 9.17) is 4.74 Å². The van der Waals surface area contributed by atoms with Crippen LogP contribution in [0.3, 0.4) is 0 Å². The molecule has 2 aliphatic rings. The van der Waals surface area contributed by atoms with Crippen LogP contribution in [0.2, 0.25) is 0 Å². The maximum Gasteiger partial charge on any atom is 0.310 e. The molecule has 2 aliphatic heterocycles. The van der Waals surface area contributed by atoms with E-state index in [0.717, 1.165) is 36.2 Å². The summed E-state index contributed by atoms with van der Waals surface area (Å²) in [6.45, 7) is 5.50. The average Bonchev–Trinajstić information content (AvgIpc) is 3.25. The highest BCUT2D eigenvalue weighted by molar-refractivity contribution is 6.03. The molecule has 7 heteroatoms. The highest BCUT2D eigenvalue weighted by Gasteiger charge is 2.36. The van der Waals surface area contributed by atoms with Gasteiger partial charge in [0.2, 0.25) is 0 Å². The molecule has 2 atom stereocenters. The quantitative estimate of drug-likeness (QED) is 0.621. The molecule has 0 unspecified atom stereocenters. The second kappa shape index (κ2) is 10.3. The number of hydrazone groups is 1. The maximum atomic E-state index is 14.7. The summed E-state index contributed by atoms with van der Waals surface area (Å²) in [7, 11) is 0. The third-order valence-corrected chi connectivity index (χ3v) is 6.30. The fourth-order valence-electron chi connectivity index (χ4n) is 4.56. The number of hydrogen-bond donors (Lipinski definition) is 0. The van der Waals surface area contributed by atoms with Gasteiger partial charge in [0, 0.05) is 18.5 Å². The van der Waals surface area contributed by atoms with Crippen LogP contribution in [0.15, 0.2) is 53.6 Å². The highest BCUT2D eigenvalue weighted by atomic mass is 19.1. The summed E-state index contributed by atoms with van der Waals surface area (Å²) in [5, 5.41) is 6.08. The van der Waals surface area contributed by atoms with Crippen molar-refractivity contribution in [2.45, 2.75) is 39.2 Å². The minimum atomic E-state index is -0.499. The van der Waals surface area contributed by atoms with Gasteiger partial charge in [0.15, 0.2) is 0 Å². The number of carbonyl (C=O) groups is 2. The Morgan fingerprint density at radius 2 is 1.91 bits per heavy atom. The Kier molecular flexibility index (Phi) is 7.18. The number of benzene rings is 2. The van der Waals surface area contributed by atoms with E-state index < -0.39 is 6.04 Å². The molecule has 0 radical (unpaired) electrons. The minimum absolute atomic E-state index is 0.130. The first-order valence-corrected chi connectivity index (χ1v) is 11.6. The molecule has 33 heavy (non-hydrogen) atoms. The summed E-state index contributed by atoms with van der Waals surface area (Å²) < 4.78 is 19.9. The number of esters is 1. The zero-order valence-electron chi connectivity index (χ0n) is 19.2. The third kappa shape index (κ3) is 5.30. The van der Waals surface area contributed by atoms with Crippen molar-refractivity contribution in [1.82, 2.24) is 9.91 Å². The average molecular weight is 452 g/mol. The topological polar surface area (TPSA) is 62.2 Å². The van der Waals surface area contributed by atoms with Gasteiger partial charge in [0.1, 0.15) is 5.82 Å². The van der Waals surface area contributed by atoms with Crippen molar-refractivity contribution in [1.29, 1.82) is 0 Å². The molecular formula is C26H30FN3O3. The van der Waals surface area contributed by atoms with E-state index in [1.165, 1.54) is 11.1 Å². The van der Waals surface area contributed by atoms with Gasteiger partial charge in [-0.15, -0.1) is 0 Å². The van der Waals surface area contributed by atoms with Crippen LogP contribution in [0.4, 0.5) is 4.39 Å². The van der Waals surface area contributed by atoms with E-state index in [-0.39, 0.29) is 30.2 Å². The van der Waals surface area contributed by atoms with Gasteiger partial charge in [0.05, 0.1) is 30.8 Å². The number of carbonyl (C=O) groups excluding carboxylic acids is 2. The Hall–Kier alpha value is -3.06.